The van der Waals surface area contributed by atoms with E-state index in [0.29, 0.717) is 56.0 Å². The van der Waals surface area contributed by atoms with Gasteiger partial charge in [0.15, 0.2) is 0 Å². The van der Waals surface area contributed by atoms with Gasteiger partial charge in [-0.15, -0.1) is 53.6 Å². The van der Waals surface area contributed by atoms with Crippen molar-refractivity contribution in [3.8, 4) is 22.5 Å². The fourth-order valence-corrected chi connectivity index (χ4v) is 9.44. The molecule has 56 heavy (non-hydrogen) atoms. The van der Waals surface area contributed by atoms with Crippen LogP contribution in [0.2, 0.25) is 0 Å². The molecule has 1 unspecified atom stereocenters. The average molecular weight is 934 g/mol. The standard InChI is InChI=1S/C38H49N2O.C13H12N.Ir/c1-25(2)27(4)38(24-36(5,6)7)20-18-37(19-21-38)16-13-28(14-17-37)29-15-22-39-33(23-29)32-10-8-9-30-31-12-11-26(3)40-35(31)41-34(30)32;1-10-3-6-12(7-4-10)13-8-5-11(2)9-14-13;/h8-9,11-12,15,22-23,25,27-28H,13-14,16-21,24H2,1-7H3;3-6,8-9H,1-2H3;/q2*-1;/i3D3,28D;1D3,2D3;. The Balaban J connectivity index is 0.000000288. The van der Waals surface area contributed by atoms with Gasteiger partial charge in [-0.25, -0.2) is 4.98 Å². The fraction of sp³-hybridized carbons (Fsp3) is 0.471. The molecule has 2 aromatic carbocycles. The number of furan rings is 1. The average Bonchev–Trinajstić information content (AvgIpc) is 3.63. The molecule has 2 saturated carbocycles. The minimum atomic E-state index is -2.31. The Morgan fingerprint density at radius 2 is 1.61 bits per heavy atom. The van der Waals surface area contributed by atoms with E-state index in [0.717, 1.165) is 47.9 Å². The van der Waals surface area contributed by atoms with E-state index in [1.54, 1.807) is 30.5 Å². The van der Waals surface area contributed by atoms with Crippen LogP contribution in [0.3, 0.4) is 0 Å². The number of aryl methyl sites for hydroxylation is 3. The zero-order valence-electron chi connectivity index (χ0n) is 43.6. The van der Waals surface area contributed by atoms with Crippen LogP contribution in [0.1, 0.15) is 141 Å². The van der Waals surface area contributed by atoms with Crippen LogP contribution in [0.5, 0.6) is 0 Å². The van der Waals surface area contributed by atoms with Crippen LogP contribution in [-0.4, -0.2) is 15.0 Å². The Morgan fingerprint density at radius 3 is 2.25 bits per heavy atom. The summed E-state index contributed by atoms with van der Waals surface area (Å²) < 4.78 is 82.7. The second-order valence-corrected chi connectivity index (χ2v) is 17.8. The van der Waals surface area contributed by atoms with Crippen molar-refractivity contribution in [3.05, 3.63) is 114 Å². The van der Waals surface area contributed by atoms with Crippen molar-refractivity contribution in [1.82, 2.24) is 15.0 Å². The minimum absolute atomic E-state index is 0. The van der Waals surface area contributed by atoms with Crippen molar-refractivity contribution in [2.24, 2.45) is 28.1 Å². The summed E-state index contributed by atoms with van der Waals surface area (Å²) in [4.78, 5) is 13.1. The zero-order valence-corrected chi connectivity index (χ0v) is 36.0. The first-order valence-electron chi connectivity index (χ1n) is 24.9. The monoisotopic (exact) mass is 935 g/mol. The van der Waals surface area contributed by atoms with Gasteiger partial charge in [-0.3, -0.25) is 0 Å². The van der Waals surface area contributed by atoms with Gasteiger partial charge in [0.2, 0.25) is 5.71 Å². The molecule has 2 aliphatic rings. The fourth-order valence-electron chi connectivity index (χ4n) is 9.44. The molecule has 1 spiro atoms. The third kappa shape index (κ3) is 9.21. The molecule has 4 aromatic heterocycles. The van der Waals surface area contributed by atoms with E-state index < -0.39 is 26.4 Å². The molecule has 6 aromatic rings. The smallest absolute Gasteiger partial charge is 0.216 e. The Labute approximate surface area is 364 Å². The van der Waals surface area contributed by atoms with Crippen molar-refractivity contribution < 1.29 is 38.2 Å². The second kappa shape index (κ2) is 17.1. The van der Waals surface area contributed by atoms with Crippen molar-refractivity contribution in [2.75, 3.05) is 0 Å². The van der Waals surface area contributed by atoms with Gasteiger partial charge in [0.1, 0.15) is 0 Å². The first kappa shape index (κ1) is 30.4. The van der Waals surface area contributed by atoms with Gasteiger partial charge in [0.25, 0.3) is 0 Å². The molecule has 1 radical (unpaired) electrons. The van der Waals surface area contributed by atoms with E-state index in [2.05, 4.69) is 68.6 Å². The summed E-state index contributed by atoms with van der Waals surface area (Å²) in [5, 5.41) is 1.61. The summed E-state index contributed by atoms with van der Waals surface area (Å²) in [6.45, 7) is 7.87. The number of pyridine rings is 3. The molecule has 0 amide bonds. The molecular weight excluding hydrogens is 863 g/mol. The molecule has 5 heteroatoms. The van der Waals surface area contributed by atoms with E-state index in [9.17, 15) is 1.37 Å². The molecule has 1 atom stereocenters. The van der Waals surface area contributed by atoms with E-state index >= 15 is 0 Å². The van der Waals surface area contributed by atoms with Crippen molar-refractivity contribution in [3.63, 3.8) is 0 Å². The van der Waals surface area contributed by atoms with E-state index in [4.69, 9.17) is 16.8 Å². The van der Waals surface area contributed by atoms with Gasteiger partial charge >= 0.3 is 0 Å². The summed E-state index contributed by atoms with van der Waals surface area (Å²) >= 11 is 0. The van der Waals surface area contributed by atoms with Gasteiger partial charge in [-0.1, -0.05) is 83.1 Å². The van der Waals surface area contributed by atoms with Gasteiger partial charge in [0.05, 0.1) is 5.58 Å². The van der Waals surface area contributed by atoms with Gasteiger partial charge in [-0.2, -0.15) is 0 Å². The van der Waals surface area contributed by atoms with Gasteiger partial charge in [-0.05, 0) is 141 Å². The van der Waals surface area contributed by atoms with Crippen LogP contribution in [0.15, 0.2) is 83.5 Å². The molecule has 0 N–H and O–H groups in total. The van der Waals surface area contributed by atoms with E-state index in [1.165, 1.54) is 56.5 Å². The number of hydrogen-bond acceptors (Lipinski definition) is 4. The molecular formula is C51H61IrN3O-2. The Hall–Kier alpha value is -3.66. The molecule has 0 bridgehead atoms. The Kier molecular flexibility index (Phi) is 9.27. The minimum Gasteiger partial charge on any atom is -0.486 e. The van der Waals surface area contributed by atoms with E-state index in [-0.39, 0.29) is 36.9 Å². The number of benzene rings is 2. The third-order valence-corrected chi connectivity index (χ3v) is 12.6. The largest absolute Gasteiger partial charge is 0.486 e. The predicted molar refractivity (Wildman–Crippen MR) is 229 cm³/mol. The summed E-state index contributed by atoms with van der Waals surface area (Å²) in [6, 6.07) is 24.9. The summed E-state index contributed by atoms with van der Waals surface area (Å²) in [5.74, 6) is 0.766. The molecule has 4 nitrogen and oxygen atoms in total. The molecule has 2 fully saturated rings. The number of fused-ring (bicyclic) bond motifs is 3. The second-order valence-electron chi connectivity index (χ2n) is 17.8. The predicted octanol–water partition coefficient (Wildman–Crippen LogP) is 14.2. The first-order valence-corrected chi connectivity index (χ1v) is 19.9. The maximum absolute atomic E-state index is 9.65. The van der Waals surface area contributed by atoms with Crippen LogP contribution in [0, 0.1) is 60.8 Å². The zero-order chi connectivity index (χ0) is 47.4. The SMILES string of the molecule is [2H]C([2H])([2H])c1c[c-]c(-c2ccc(C([2H])([2H])[2H])cn2)cc1.[2H]C([2H])([2H])c1ccc2c(n1)oc1c(-c3cc(C4([2H])CCC5(CC4)CCC(CC(C)(C)C)(C(C)C(C)C)CC5)ccn3)[c-]ccc12.[Ir]. The van der Waals surface area contributed by atoms with Gasteiger partial charge in [0, 0.05) is 57.3 Å². The summed E-state index contributed by atoms with van der Waals surface area (Å²) in [7, 11) is 0. The van der Waals surface area contributed by atoms with Crippen LogP contribution in [0.4, 0.5) is 0 Å². The maximum Gasteiger partial charge on any atom is 0.216 e. The van der Waals surface area contributed by atoms with Crippen molar-refractivity contribution in [2.45, 2.75) is 126 Å². The topological polar surface area (TPSA) is 51.8 Å². The third-order valence-electron chi connectivity index (χ3n) is 12.6. The van der Waals surface area contributed by atoms with Gasteiger partial charge < -0.3 is 14.4 Å². The molecule has 297 valence electrons. The first-order chi connectivity index (χ1) is 30.2. The van der Waals surface area contributed by atoms with Crippen LogP contribution < -0.4 is 0 Å². The van der Waals surface area contributed by atoms with Crippen LogP contribution in [-0.2, 0) is 20.1 Å². The molecule has 0 saturated heterocycles. The number of hydrogen-bond donors (Lipinski definition) is 0. The summed E-state index contributed by atoms with van der Waals surface area (Å²) in [6.07, 6.45) is 13.6. The van der Waals surface area contributed by atoms with Crippen LogP contribution in [0.25, 0.3) is 44.6 Å². The quantitative estimate of drug-likeness (QED) is 0.156. The molecule has 0 aliphatic heterocycles. The molecule has 8 rings (SSSR count). The van der Waals surface area contributed by atoms with E-state index in [1.807, 2.05) is 24.3 Å². The number of rotatable bonds is 6. The number of aromatic nitrogens is 3. The normalized spacial score (nSPS) is 26.4. The molecule has 4 heterocycles. The molecule has 2 aliphatic carbocycles. The Morgan fingerprint density at radius 1 is 0.839 bits per heavy atom. The van der Waals surface area contributed by atoms with Crippen molar-refractivity contribution >= 4 is 22.1 Å². The number of nitrogens with zero attached hydrogens (tertiary/aromatic N) is 3. The summed E-state index contributed by atoms with van der Waals surface area (Å²) in [5.41, 5.74) is 5.99. The van der Waals surface area contributed by atoms with Crippen LogP contribution >= 0.6 is 0 Å². The van der Waals surface area contributed by atoms with Crippen molar-refractivity contribution in [1.29, 1.82) is 0 Å². The Bertz CT molecular complexity index is 2540. The maximum atomic E-state index is 9.65.